The molecule has 0 saturated carbocycles. The number of carbonyl (C=O) groups excluding carboxylic acids is 1. The Bertz CT molecular complexity index is 1510. The zero-order chi connectivity index (χ0) is 27.1. The summed E-state index contributed by atoms with van der Waals surface area (Å²) in [5.74, 6) is 0.268. The van der Waals surface area contributed by atoms with Crippen molar-refractivity contribution in [3.05, 3.63) is 149 Å². The molecule has 4 aromatic carbocycles. The van der Waals surface area contributed by atoms with Gasteiger partial charge in [0, 0.05) is 17.1 Å². The number of hydrogen-bond donors (Lipinski definition) is 1. The Labute approximate surface area is 240 Å². The first-order valence-corrected chi connectivity index (χ1v) is 14.7. The Kier molecular flexibility index (Phi) is 7.92. The van der Waals surface area contributed by atoms with E-state index in [-0.39, 0.29) is 17.7 Å². The van der Waals surface area contributed by atoms with Crippen molar-refractivity contribution < 1.29 is 4.79 Å². The van der Waals surface area contributed by atoms with Gasteiger partial charge in [0.25, 0.3) is 0 Å². The first kappa shape index (κ1) is 25.9. The molecule has 1 aliphatic heterocycles. The molecule has 2 aliphatic rings. The van der Waals surface area contributed by atoms with Gasteiger partial charge >= 0.3 is 0 Å². The number of carbonyl (C=O) groups is 1. The lowest BCUT2D eigenvalue weighted by molar-refractivity contribution is -0.115. The van der Waals surface area contributed by atoms with Gasteiger partial charge < -0.3 is 5.32 Å². The van der Waals surface area contributed by atoms with E-state index in [1.807, 2.05) is 72.8 Å². The van der Waals surface area contributed by atoms with E-state index in [0.717, 1.165) is 41.5 Å². The average Bonchev–Trinajstić information content (AvgIpc) is 3.02. The highest BCUT2D eigenvalue weighted by Gasteiger charge is 2.30. The van der Waals surface area contributed by atoms with Crippen molar-refractivity contribution in [1.82, 2.24) is 5.32 Å². The highest BCUT2D eigenvalue weighted by Crippen LogP contribution is 2.41. The summed E-state index contributed by atoms with van der Waals surface area (Å²) in [6.45, 7) is 0. The summed E-state index contributed by atoms with van der Waals surface area (Å²) in [6, 6.07) is 40.6. The molecule has 4 aromatic rings. The maximum absolute atomic E-state index is 13.7. The molecule has 0 radical (unpaired) electrons. The van der Waals surface area contributed by atoms with Gasteiger partial charge in [-0.15, -0.1) is 0 Å². The number of amidine groups is 1. The monoisotopic (exact) mass is 541 g/mol. The first-order chi connectivity index (χ1) is 19.8. The molecule has 40 heavy (non-hydrogen) atoms. The number of para-hydroxylation sites is 2. The van der Waals surface area contributed by atoms with Crippen LogP contribution in [0.5, 0.6) is 0 Å². The SMILES string of the molecule is O=C(CSC1=NC(c2ccccc2)C2=C(N1)C(=Cc1ccccc1)CCC2)N(c1ccccc1)c1ccccc1. The van der Waals surface area contributed by atoms with Crippen LogP contribution in [-0.4, -0.2) is 16.8 Å². The van der Waals surface area contributed by atoms with E-state index < -0.39 is 0 Å². The van der Waals surface area contributed by atoms with E-state index in [1.54, 1.807) is 4.90 Å². The largest absolute Gasteiger partial charge is 0.335 e. The lowest BCUT2D eigenvalue weighted by atomic mass is 9.84. The van der Waals surface area contributed by atoms with E-state index in [9.17, 15) is 4.79 Å². The van der Waals surface area contributed by atoms with Gasteiger partial charge in [-0.3, -0.25) is 9.69 Å². The Morgan fingerprint density at radius 3 is 2.00 bits per heavy atom. The number of thioether (sulfide) groups is 1. The molecule has 0 aromatic heterocycles. The molecule has 198 valence electrons. The van der Waals surface area contributed by atoms with Gasteiger partial charge in [0.2, 0.25) is 5.91 Å². The summed E-state index contributed by atoms with van der Waals surface area (Å²) in [4.78, 5) is 20.7. The molecule has 0 bridgehead atoms. The van der Waals surface area contributed by atoms with Crippen molar-refractivity contribution in [3.8, 4) is 0 Å². The summed E-state index contributed by atoms with van der Waals surface area (Å²) < 4.78 is 0. The third-order valence-electron chi connectivity index (χ3n) is 7.21. The quantitative estimate of drug-likeness (QED) is 0.267. The second-order valence-electron chi connectivity index (χ2n) is 9.90. The predicted octanol–water partition coefficient (Wildman–Crippen LogP) is 8.31. The molecule has 4 nitrogen and oxygen atoms in total. The summed E-state index contributed by atoms with van der Waals surface area (Å²) in [5, 5.41) is 4.43. The fourth-order valence-corrected chi connectivity index (χ4v) is 6.10. The highest BCUT2D eigenvalue weighted by molar-refractivity contribution is 8.14. The molecule has 5 heteroatoms. The zero-order valence-corrected chi connectivity index (χ0v) is 23.1. The van der Waals surface area contributed by atoms with Crippen LogP contribution in [0.25, 0.3) is 6.08 Å². The normalized spacial score (nSPS) is 17.6. The Balaban J connectivity index is 1.30. The minimum atomic E-state index is -0.0612. The molecular formula is C35H31N3OS. The maximum Gasteiger partial charge on any atom is 0.242 e. The van der Waals surface area contributed by atoms with E-state index >= 15 is 0 Å². The van der Waals surface area contributed by atoms with Gasteiger partial charge in [-0.1, -0.05) is 109 Å². The van der Waals surface area contributed by atoms with Crippen LogP contribution in [0.2, 0.25) is 0 Å². The lowest BCUT2D eigenvalue weighted by Crippen LogP contribution is -2.33. The molecule has 1 amide bonds. The van der Waals surface area contributed by atoms with Crippen LogP contribution in [-0.2, 0) is 4.79 Å². The van der Waals surface area contributed by atoms with Crippen molar-refractivity contribution in [3.63, 3.8) is 0 Å². The summed E-state index contributed by atoms with van der Waals surface area (Å²) >= 11 is 1.47. The van der Waals surface area contributed by atoms with Gasteiger partial charge in [0.1, 0.15) is 6.04 Å². The number of allylic oxidation sites excluding steroid dienone is 1. The lowest BCUT2D eigenvalue weighted by Gasteiger charge is -2.33. The number of hydrogen-bond acceptors (Lipinski definition) is 4. The molecule has 1 atom stereocenters. The van der Waals surface area contributed by atoms with Gasteiger partial charge in [0.05, 0.1) is 5.75 Å². The Hall–Kier alpha value is -4.35. The van der Waals surface area contributed by atoms with Gasteiger partial charge in [-0.25, -0.2) is 4.99 Å². The minimum Gasteiger partial charge on any atom is -0.335 e. The molecule has 1 N–H and O–H groups in total. The van der Waals surface area contributed by atoms with Gasteiger partial charge in [-0.2, -0.15) is 0 Å². The zero-order valence-electron chi connectivity index (χ0n) is 22.2. The summed E-state index contributed by atoms with van der Waals surface area (Å²) in [5.41, 5.74) is 7.86. The van der Waals surface area contributed by atoms with Crippen LogP contribution in [0, 0.1) is 0 Å². The van der Waals surface area contributed by atoms with Crippen molar-refractivity contribution in [2.75, 3.05) is 10.7 Å². The number of rotatable bonds is 6. The fourth-order valence-electron chi connectivity index (χ4n) is 5.36. The van der Waals surface area contributed by atoms with Crippen LogP contribution in [0.15, 0.2) is 143 Å². The summed E-state index contributed by atoms with van der Waals surface area (Å²) in [7, 11) is 0. The minimum absolute atomic E-state index is 0.00614. The topological polar surface area (TPSA) is 44.7 Å². The molecule has 1 heterocycles. The van der Waals surface area contributed by atoms with E-state index in [4.69, 9.17) is 4.99 Å². The van der Waals surface area contributed by atoms with Crippen molar-refractivity contribution in [2.24, 2.45) is 4.99 Å². The number of anilines is 2. The molecule has 0 fully saturated rings. The van der Waals surface area contributed by atoms with Crippen LogP contribution in [0.1, 0.15) is 36.4 Å². The van der Waals surface area contributed by atoms with E-state index in [2.05, 4.69) is 59.9 Å². The van der Waals surface area contributed by atoms with Crippen LogP contribution >= 0.6 is 11.8 Å². The molecule has 1 aliphatic carbocycles. The Morgan fingerprint density at radius 1 is 0.800 bits per heavy atom. The third-order valence-corrected chi connectivity index (χ3v) is 8.08. The standard InChI is InChI=1S/C35H31N3OS/c39-32(38(29-19-9-3-10-20-29)30-21-11-4-12-22-30)25-40-35-36-33(27-16-7-2-8-17-27)31-23-13-18-28(34(31)37-35)24-26-14-5-1-6-15-26/h1-12,14-17,19-22,24,33H,13,18,23,25H2,(H,36,37). The van der Waals surface area contributed by atoms with Gasteiger partial charge in [0.15, 0.2) is 5.17 Å². The summed E-state index contributed by atoms with van der Waals surface area (Å²) in [6.07, 6.45) is 5.40. The van der Waals surface area contributed by atoms with Crippen molar-refractivity contribution in [1.29, 1.82) is 0 Å². The molecule has 1 unspecified atom stereocenters. The maximum atomic E-state index is 13.7. The fraction of sp³-hybridized carbons (Fsp3) is 0.143. The first-order valence-electron chi connectivity index (χ1n) is 13.7. The second kappa shape index (κ2) is 12.2. The number of nitrogens with zero attached hydrogens (tertiary/aromatic N) is 2. The molecule has 0 spiro atoms. The molecule has 0 saturated heterocycles. The smallest absolute Gasteiger partial charge is 0.242 e. The second-order valence-corrected chi connectivity index (χ2v) is 10.9. The highest BCUT2D eigenvalue weighted by atomic mass is 32.2. The van der Waals surface area contributed by atoms with Crippen molar-refractivity contribution in [2.45, 2.75) is 25.3 Å². The van der Waals surface area contributed by atoms with E-state index in [1.165, 1.54) is 34.0 Å². The van der Waals surface area contributed by atoms with Crippen molar-refractivity contribution >= 4 is 40.3 Å². The van der Waals surface area contributed by atoms with Crippen LogP contribution in [0.4, 0.5) is 11.4 Å². The van der Waals surface area contributed by atoms with E-state index in [0.29, 0.717) is 0 Å². The predicted molar refractivity (Wildman–Crippen MR) is 168 cm³/mol. The average molecular weight is 542 g/mol. The Morgan fingerprint density at radius 2 is 1.38 bits per heavy atom. The number of benzene rings is 4. The molecule has 6 rings (SSSR count). The number of amides is 1. The van der Waals surface area contributed by atoms with Crippen LogP contribution in [0.3, 0.4) is 0 Å². The number of aliphatic imine (C=N–C) groups is 1. The van der Waals surface area contributed by atoms with Gasteiger partial charge in [-0.05, 0) is 71.9 Å². The van der Waals surface area contributed by atoms with Crippen LogP contribution < -0.4 is 10.2 Å². The molecular weight excluding hydrogens is 510 g/mol. The number of nitrogens with one attached hydrogen (secondary N) is 1. The third kappa shape index (κ3) is 5.80.